The van der Waals surface area contributed by atoms with Gasteiger partial charge in [-0.2, -0.15) is 0 Å². The number of anilines is 1. The molecule has 2 N–H and O–H groups in total. The lowest BCUT2D eigenvalue weighted by Gasteiger charge is -2.30. The van der Waals surface area contributed by atoms with Crippen molar-refractivity contribution >= 4 is 28.7 Å². The lowest BCUT2D eigenvalue weighted by molar-refractivity contribution is -0.143. The molecule has 1 aromatic carbocycles. The maximum atomic E-state index is 12.5. The van der Waals surface area contributed by atoms with Gasteiger partial charge in [0.05, 0.1) is 11.4 Å². The zero-order valence-electron chi connectivity index (χ0n) is 15.1. The Morgan fingerprint density at radius 2 is 2.12 bits per heavy atom. The molecule has 3 rings (SSSR count). The van der Waals surface area contributed by atoms with E-state index in [0.717, 1.165) is 22.3 Å². The first-order valence-electron chi connectivity index (χ1n) is 8.77. The zero-order valence-corrected chi connectivity index (χ0v) is 15.1. The van der Waals surface area contributed by atoms with E-state index in [1.54, 1.807) is 4.90 Å². The summed E-state index contributed by atoms with van der Waals surface area (Å²) < 4.78 is 0. The van der Waals surface area contributed by atoms with Crippen molar-refractivity contribution in [1.29, 1.82) is 0 Å². The Kier molecular flexibility index (Phi) is 5.25. The van der Waals surface area contributed by atoms with E-state index in [2.05, 4.69) is 10.3 Å². The highest BCUT2D eigenvalue weighted by atomic mass is 16.4. The number of nitrogens with one attached hydrogen (secondary N) is 1. The molecule has 0 saturated carbocycles. The molecule has 138 valence electrons. The Hall–Kier alpha value is -2.83. The van der Waals surface area contributed by atoms with E-state index in [0.29, 0.717) is 25.9 Å². The molecule has 1 unspecified atom stereocenters. The predicted molar refractivity (Wildman–Crippen MR) is 100 cm³/mol. The van der Waals surface area contributed by atoms with Gasteiger partial charge in [0.15, 0.2) is 0 Å². The second kappa shape index (κ2) is 7.59. The quantitative estimate of drug-likeness (QED) is 0.878. The number of hydrogen-bond donors (Lipinski definition) is 2. The van der Waals surface area contributed by atoms with Gasteiger partial charge in [0.25, 0.3) is 0 Å². The van der Waals surface area contributed by atoms with Crippen LogP contribution in [0.25, 0.3) is 10.9 Å². The molecule has 1 saturated heterocycles. The number of urea groups is 1. The summed E-state index contributed by atoms with van der Waals surface area (Å²) in [5.74, 6) is -0.480. The third kappa shape index (κ3) is 3.87. The van der Waals surface area contributed by atoms with Gasteiger partial charge in [-0.25, -0.2) is 9.78 Å². The number of carboxylic acid groups (broad SMARTS) is 1. The lowest BCUT2D eigenvalue weighted by Crippen LogP contribution is -2.46. The van der Waals surface area contributed by atoms with Crippen molar-refractivity contribution in [3.63, 3.8) is 0 Å². The fourth-order valence-corrected chi connectivity index (χ4v) is 3.25. The number of aliphatic carboxylic acids is 1. The highest BCUT2D eigenvalue weighted by molar-refractivity contribution is 5.85. The van der Waals surface area contributed by atoms with Gasteiger partial charge < -0.3 is 20.2 Å². The van der Waals surface area contributed by atoms with Crippen LogP contribution in [-0.2, 0) is 11.3 Å². The van der Waals surface area contributed by atoms with Gasteiger partial charge in [0, 0.05) is 39.1 Å². The Morgan fingerprint density at radius 3 is 2.85 bits per heavy atom. The van der Waals surface area contributed by atoms with E-state index in [4.69, 9.17) is 0 Å². The summed E-state index contributed by atoms with van der Waals surface area (Å²) in [6, 6.07) is 9.59. The van der Waals surface area contributed by atoms with Gasteiger partial charge in [-0.05, 0) is 30.5 Å². The number of carbonyl (C=O) groups is 2. The summed E-state index contributed by atoms with van der Waals surface area (Å²) in [5, 5.41) is 13.1. The largest absolute Gasteiger partial charge is 0.481 e. The molecule has 2 heterocycles. The number of pyridine rings is 1. The Morgan fingerprint density at radius 1 is 1.35 bits per heavy atom. The predicted octanol–water partition coefficient (Wildman–Crippen LogP) is 2.31. The van der Waals surface area contributed by atoms with Crippen molar-refractivity contribution in [2.75, 3.05) is 32.1 Å². The smallest absolute Gasteiger partial charge is 0.317 e. The number of carboxylic acids is 1. The number of rotatable bonds is 4. The molecule has 1 aliphatic heterocycles. The number of hydrogen-bond acceptors (Lipinski definition) is 4. The molecular formula is C19H24N4O3. The summed E-state index contributed by atoms with van der Waals surface area (Å²) in [4.78, 5) is 31.8. The summed E-state index contributed by atoms with van der Waals surface area (Å²) in [6.45, 7) is 1.23. The fraction of sp³-hybridized carbons (Fsp3) is 0.421. The van der Waals surface area contributed by atoms with E-state index in [1.807, 2.05) is 49.3 Å². The number of fused-ring (bicyclic) bond motifs is 1. The summed E-state index contributed by atoms with van der Waals surface area (Å²) in [7, 11) is 3.86. The minimum atomic E-state index is -0.835. The molecule has 7 heteroatoms. The van der Waals surface area contributed by atoms with Crippen LogP contribution in [0.3, 0.4) is 0 Å². The van der Waals surface area contributed by atoms with E-state index in [9.17, 15) is 14.7 Å². The molecular weight excluding hydrogens is 332 g/mol. The van der Waals surface area contributed by atoms with Gasteiger partial charge >= 0.3 is 12.0 Å². The van der Waals surface area contributed by atoms with Crippen LogP contribution in [0.15, 0.2) is 30.3 Å². The first kappa shape index (κ1) is 18.0. The summed E-state index contributed by atoms with van der Waals surface area (Å²) in [6.07, 6.45) is 1.34. The van der Waals surface area contributed by atoms with E-state index < -0.39 is 11.9 Å². The number of likely N-dealkylation sites (tertiary alicyclic amines) is 1. The Labute approximate surface area is 152 Å². The fourth-order valence-electron chi connectivity index (χ4n) is 3.25. The molecule has 2 amide bonds. The standard InChI is InChI=1S/C19H24N4O3/c1-22(2)17-10-14(15-7-3-4-8-16(15)21-17)11-20-19(26)23-9-5-6-13(12-23)18(24)25/h3-4,7-8,10,13H,5-6,9,11-12H2,1-2H3,(H,20,26)(H,24,25). The van der Waals surface area contributed by atoms with Crippen LogP contribution in [0, 0.1) is 5.92 Å². The second-order valence-electron chi connectivity index (χ2n) is 6.83. The molecule has 0 radical (unpaired) electrons. The van der Waals surface area contributed by atoms with Gasteiger partial charge in [0.1, 0.15) is 5.82 Å². The van der Waals surface area contributed by atoms with Crippen LogP contribution in [0.1, 0.15) is 18.4 Å². The maximum Gasteiger partial charge on any atom is 0.317 e. The SMILES string of the molecule is CN(C)c1cc(CNC(=O)N2CCCC(C(=O)O)C2)c2ccccc2n1. The van der Waals surface area contributed by atoms with Crippen molar-refractivity contribution in [2.45, 2.75) is 19.4 Å². The lowest BCUT2D eigenvalue weighted by atomic mass is 9.99. The minimum absolute atomic E-state index is 0.219. The number of piperidine rings is 1. The van der Waals surface area contributed by atoms with Crippen LogP contribution in [0.5, 0.6) is 0 Å². The van der Waals surface area contributed by atoms with Gasteiger partial charge in [-0.3, -0.25) is 4.79 Å². The van der Waals surface area contributed by atoms with E-state index in [-0.39, 0.29) is 12.6 Å². The third-order valence-corrected chi connectivity index (χ3v) is 4.73. The first-order valence-corrected chi connectivity index (χ1v) is 8.77. The second-order valence-corrected chi connectivity index (χ2v) is 6.83. The number of carbonyl (C=O) groups excluding carboxylic acids is 1. The number of para-hydroxylation sites is 1. The maximum absolute atomic E-state index is 12.5. The highest BCUT2D eigenvalue weighted by Gasteiger charge is 2.28. The van der Waals surface area contributed by atoms with Gasteiger partial charge in [-0.1, -0.05) is 18.2 Å². The Balaban J connectivity index is 1.74. The monoisotopic (exact) mass is 356 g/mol. The topological polar surface area (TPSA) is 85.8 Å². The van der Waals surface area contributed by atoms with Gasteiger partial charge in [0.2, 0.25) is 0 Å². The van der Waals surface area contributed by atoms with Crippen molar-refractivity contribution in [3.05, 3.63) is 35.9 Å². The molecule has 1 aromatic heterocycles. The normalized spacial score (nSPS) is 17.2. The highest BCUT2D eigenvalue weighted by Crippen LogP contribution is 2.22. The van der Waals surface area contributed by atoms with Crippen LogP contribution in [0.4, 0.5) is 10.6 Å². The van der Waals surface area contributed by atoms with Crippen molar-refractivity contribution < 1.29 is 14.7 Å². The molecule has 7 nitrogen and oxygen atoms in total. The van der Waals surface area contributed by atoms with Crippen LogP contribution in [-0.4, -0.2) is 54.2 Å². The number of amides is 2. The molecule has 1 atom stereocenters. The Bertz CT molecular complexity index is 822. The van der Waals surface area contributed by atoms with Gasteiger partial charge in [-0.15, -0.1) is 0 Å². The number of nitrogens with zero attached hydrogens (tertiary/aromatic N) is 3. The van der Waals surface area contributed by atoms with Crippen LogP contribution < -0.4 is 10.2 Å². The van der Waals surface area contributed by atoms with Crippen molar-refractivity contribution in [3.8, 4) is 0 Å². The van der Waals surface area contributed by atoms with Crippen molar-refractivity contribution in [1.82, 2.24) is 15.2 Å². The summed E-state index contributed by atoms with van der Waals surface area (Å²) in [5.41, 5.74) is 1.87. The minimum Gasteiger partial charge on any atom is -0.481 e. The first-order chi connectivity index (χ1) is 12.5. The molecule has 0 aliphatic carbocycles. The molecule has 26 heavy (non-hydrogen) atoms. The zero-order chi connectivity index (χ0) is 18.7. The summed E-state index contributed by atoms with van der Waals surface area (Å²) >= 11 is 0. The number of benzene rings is 1. The van der Waals surface area contributed by atoms with Crippen LogP contribution >= 0.6 is 0 Å². The molecule has 2 aromatic rings. The molecule has 0 spiro atoms. The third-order valence-electron chi connectivity index (χ3n) is 4.73. The number of aromatic nitrogens is 1. The van der Waals surface area contributed by atoms with E-state index in [1.165, 1.54) is 0 Å². The van der Waals surface area contributed by atoms with E-state index >= 15 is 0 Å². The molecule has 1 aliphatic rings. The molecule has 1 fully saturated rings. The average Bonchev–Trinajstić information content (AvgIpc) is 2.65. The van der Waals surface area contributed by atoms with Crippen molar-refractivity contribution in [2.24, 2.45) is 5.92 Å². The van der Waals surface area contributed by atoms with Crippen LogP contribution in [0.2, 0.25) is 0 Å². The molecule has 0 bridgehead atoms. The average molecular weight is 356 g/mol.